The Morgan fingerprint density at radius 3 is 2.47 bits per heavy atom. The number of pyridine rings is 1. The number of fused-ring (bicyclic) bond motifs is 1. The summed E-state index contributed by atoms with van der Waals surface area (Å²) < 4.78 is 55.1. The van der Waals surface area contributed by atoms with E-state index in [0.29, 0.717) is 66.0 Å². The zero-order chi connectivity index (χ0) is 35.1. The molecule has 2 aliphatic heterocycles. The van der Waals surface area contributed by atoms with Crippen LogP contribution < -0.4 is 24.6 Å². The molecule has 0 atom stereocenters. The first-order chi connectivity index (χ1) is 23.3. The molecule has 0 unspecified atom stereocenters. The molecule has 1 amide bonds. The van der Waals surface area contributed by atoms with Crippen molar-refractivity contribution >= 4 is 29.2 Å². The van der Waals surface area contributed by atoms with Crippen LogP contribution in [0.5, 0.6) is 11.5 Å². The molecular formula is C32H33F3N8O6. The second-order valence-corrected chi connectivity index (χ2v) is 12.1. The van der Waals surface area contributed by atoms with Gasteiger partial charge in [-0.25, -0.2) is 15.0 Å². The Labute approximate surface area is 278 Å². The number of methoxy groups -OCH3 is 2. The van der Waals surface area contributed by atoms with Crippen molar-refractivity contribution in [2.75, 3.05) is 49.0 Å². The van der Waals surface area contributed by atoms with E-state index in [4.69, 9.17) is 14.0 Å². The number of nitrogens with one attached hydrogen (secondary N) is 1. The van der Waals surface area contributed by atoms with Crippen LogP contribution in [0.3, 0.4) is 0 Å². The minimum Gasteiger partial charge on any atom is -0.497 e. The highest BCUT2D eigenvalue weighted by atomic mass is 19.4. The number of piperidine rings is 1. The molecule has 3 aromatic heterocycles. The minimum atomic E-state index is -4.79. The Hall–Kier alpha value is -5.48. The van der Waals surface area contributed by atoms with Crippen LogP contribution in [0.4, 0.5) is 30.5 Å². The van der Waals surface area contributed by atoms with Gasteiger partial charge >= 0.3 is 12.1 Å². The van der Waals surface area contributed by atoms with Gasteiger partial charge in [-0.1, -0.05) is 5.16 Å². The monoisotopic (exact) mass is 682 g/mol. The van der Waals surface area contributed by atoms with E-state index in [2.05, 4.69) is 35.3 Å². The third-order valence-corrected chi connectivity index (χ3v) is 8.73. The Morgan fingerprint density at radius 2 is 1.82 bits per heavy atom. The summed E-state index contributed by atoms with van der Waals surface area (Å²) in [6.07, 6.45) is -2.28. The van der Waals surface area contributed by atoms with Crippen LogP contribution in [0.2, 0.25) is 0 Å². The number of hydrogen-bond donors (Lipinski definition) is 2. The number of carbonyl (C=O) groups excluding carboxylic acids is 1. The van der Waals surface area contributed by atoms with E-state index >= 15 is 0 Å². The number of benzene rings is 1. The third kappa shape index (κ3) is 6.39. The number of amides is 1. The van der Waals surface area contributed by atoms with Crippen LogP contribution in [0.25, 0.3) is 11.6 Å². The van der Waals surface area contributed by atoms with Gasteiger partial charge in [0.25, 0.3) is 11.7 Å². The van der Waals surface area contributed by atoms with Crippen LogP contribution in [-0.2, 0) is 27.7 Å². The predicted molar refractivity (Wildman–Crippen MR) is 169 cm³/mol. The maximum absolute atomic E-state index is 13.9. The zero-order valence-electron chi connectivity index (χ0n) is 27.0. The third-order valence-electron chi connectivity index (χ3n) is 8.73. The molecule has 17 heteroatoms. The summed E-state index contributed by atoms with van der Waals surface area (Å²) in [5.74, 6) is -0.934. The lowest BCUT2D eigenvalue weighted by Gasteiger charge is -2.35. The molecule has 0 radical (unpaired) electrons. The molecule has 1 aromatic carbocycles. The molecule has 5 heterocycles. The van der Waals surface area contributed by atoms with E-state index in [1.54, 1.807) is 37.3 Å². The second-order valence-electron chi connectivity index (χ2n) is 12.1. The number of aromatic nitrogens is 5. The van der Waals surface area contributed by atoms with Crippen LogP contribution in [0, 0.1) is 0 Å². The number of anilines is 3. The maximum atomic E-state index is 13.9. The van der Waals surface area contributed by atoms with Gasteiger partial charge in [0.05, 0.1) is 43.1 Å². The van der Waals surface area contributed by atoms with Gasteiger partial charge in [0.2, 0.25) is 5.91 Å². The Morgan fingerprint density at radius 1 is 1.08 bits per heavy atom. The summed E-state index contributed by atoms with van der Waals surface area (Å²) in [5.41, 5.74) is 1.47. The number of hydrogen-bond acceptors (Lipinski definition) is 12. The topological polar surface area (TPSA) is 169 Å². The molecule has 0 saturated carbocycles. The van der Waals surface area contributed by atoms with Crippen molar-refractivity contribution in [1.82, 2.24) is 25.1 Å². The summed E-state index contributed by atoms with van der Waals surface area (Å²) in [6, 6.07) is 8.34. The smallest absolute Gasteiger partial charge is 0.455 e. The van der Waals surface area contributed by atoms with Gasteiger partial charge in [-0.05, 0) is 51.0 Å². The molecule has 2 N–H and O–H groups in total. The van der Waals surface area contributed by atoms with E-state index in [0.717, 1.165) is 5.56 Å². The molecule has 258 valence electrons. The van der Waals surface area contributed by atoms with Crippen molar-refractivity contribution in [2.45, 2.75) is 50.7 Å². The SMILES string of the molecule is COc1ccc(CN2C(=O)C(C)(C)c3c(N4CCC(c5nc(-c6nc(C(F)(F)F)no6)ccc5NCC(=O)O)CC4)ncnc32)c(OC)c1. The Bertz CT molecular complexity index is 1890. The lowest BCUT2D eigenvalue weighted by atomic mass is 9.86. The van der Waals surface area contributed by atoms with Crippen molar-refractivity contribution in [3.63, 3.8) is 0 Å². The number of alkyl halides is 3. The fourth-order valence-corrected chi connectivity index (χ4v) is 6.24. The molecular weight excluding hydrogens is 649 g/mol. The summed E-state index contributed by atoms with van der Waals surface area (Å²) >= 11 is 0. The number of halogens is 3. The number of carboxylic acid groups (broad SMARTS) is 1. The van der Waals surface area contributed by atoms with Crippen LogP contribution in [0.1, 0.15) is 55.3 Å². The molecule has 0 aliphatic carbocycles. The Kier molecular flexibility index (Phi) is 8.77. The fourth-order valence-electron chi connectivity index (χ4n) is 6.24. The van der Waals surface area contributed by atoms with Gasteiger partial charge < -0.3 is 29.3 Å². The highest BCUT2D eigenvalue weighted by molar-refractivity contribution is 6.08. The number of ether oxygens (including phenoxy) is 2. The molecule has 0 bridgehead atoms. The standard InChI is InChI=1S/C32H33F3N8O6/c1-31(2)24-26(37-16-38-27(24)43(30(31)46)15-18-5-6-19(47-3)13-22(18)48-4)42-11-9-17(10-12-42)25-20(36-14-23(44)45)7-8-21(39-25)28-40-29(41-49-28)32(33,34)35/h5-8,13,16-17,36H,9-12,14-15H2,1-4H3,(H,44,45). The predicted octanol–water partition coefficient (Wildman–Crippen LogP) is 4.66. The minimum absolute atomic E-state index is 0.0313. The Balaban J connectivity index is 1.26. The maximum Gasteiger partial charge on any atom is 0.455 e. The average Bonchev–Trinajstić information content (AvgIpc) is 3.67. The summed E-state index contributed by atoms with van der Waals surface area (Å²) in [5, 5.41) is 15.1. The normalized spacial score (nSPS) is 16.1. The summed E-state index contributed by atoms with van der Waals surface area (Å²) in [6.45, 7) is 4.51. The molecule has 49 heavy (non-hydrogen) atoms. The lowest BCUT2D eigenvalue weighted by Crippen LogP contribution is -2.38. The molecule has 2 aliphatic rings. The fraction of sp³-hybridized carbons (Fsp3) is 0.406. The van der Waals surface area contributed by atoms with Crippen molar-refractivity contribution in [2.24, 2.45) is 0 Å². The number of carboxylic acids is 1. The molecule has 1 fully saturated rings. The van der Waals surface area contributed by atoms with Crippen LogP contribution >= 0.6 is 0 Å². The molecule has 4 aromatic rings. The van der Waals surface area contributed by atoms with Crippen molar-refractivity contribution in [3.05, 3.63) is 59.3 Å². The van der Waals surface area contributed by atoms with Crippen molar-refractivity contribution < 1.29 is 41.9 Å². The van der Waals surface area contributed by atoms with Crippen molar-refractivity contribution in [1.29, 1.82) is 0 Å². The molecule has 1 saturated heterocycles. The highest BCUT2D eigenvalue weighted by Gasteiger charge is 2.48. The van der Waals surface area contributed by atoms with Crippen LogP contribution in [0.15, 0.2) is 41.2 Å². The van der Waals surface area contributed by atoms with Gasteiger partial charge in [-0.15, -0.1) is 0 Å². The summed E-state index contributed by atoms with van der Waals surface area (Å²) in [4.78, 5) is 46.1. The van der Waals surface area contributed by atoms with Gasteiger partial charge in [0.15, 0.2) is 0 Å². The van der Waals surface area contributed by atoms with E-state index < -0.39 is 29.3 Å². The number of carbonyl (C=O) groups is 2. The zero-order valence-corrected chi connectivity index (χ0v) is 27.0. The quantitative estimate of drug-likeness (QED) is 0.237. The van der Waals surface area contributed by atoms with Gasteiger partial charge in [-0.2, -0.15) is 18.2 Å². The van der Waals surface area contributed by atoms with Gasteiger partial charge in [0.1, 0.15) is 41.7 Å². The first-order valence-electron chi connectivity index (χ1n) is 15.3. The van der Waals surface area contributed by atoms with E-state index in [-0.39, 0.29) is 30.6 Å². The number of nitrogens with zero attached hydrogens (tertiary/aromatic N) is 7. The average molecular weight is 683 g/mol. The van der Waals surface area contributed by atoms with Crippen LogP contribution in [-0.4, -0.2) is 75.9 Å². The first-order valence-corrected chi connectivity index (χ1v) is 15.3. The van der Waals surface area contributed by atoms with Crippen molar-refractivity contribution in [3.8, 4) is 23.1 Å². The molecule has 14 nitrogen and oxygen atoms in total. The summed E-state index contributed by atoms with van der Waals surface area (Å²) in [7, 11) is 3.12. The van der Waals surface area contributed by atoms with E-state index in [9.17, 15) is 27.9 Å². The largest absolute Gasteiger partial charge is 0.497 e. The lowest BCUT2D eigenvalue weighted by molar-refractivity contribution is -0.146. The van der Waals surface area contributed by atoms with E-state index in [1.807, 2.05) is 19.9 Å². The first kappa shape index (κ1) is 33.4. The number of aliphatic carboxylic acids is 1. The second kappa shape index (κ2) is 12.9. The van der Waals surface area contributed by atoms with Gasteiger partial charge in [0, 0.05) is 30.6 Å². The van der Waals surface area contributed by atoms with E-state index in [1.165, 1.54) is 12.4 Å². The molecule has 0 spiro atoms. The van der Waals surface area contributed by atoms with Gasteiger partial charge in [-0.3, -0.25) is 14.5 Å². The molecule has 6 rings (SSSR count). The highest BCUT2D eigenvalue weighted by Crippen LogP contribution is 2.47. The number of rotatable bonds is 10.